The summed E-state index contributed by atoms with van der Waals surface area (Å²) in [5.41, 5.74) is 9.80. The summed E-state index contributed by atoms with van der Waals surface area (Å²) < 4.78 is 7.61. The molecule has 0 aliphatic rings. The van der Waals surface area contributed by atoms with Crippen LogP contribution in [-0.2, 0) is 6.61 Å². The highest BCUT2D eigenvalue weighted by Gasteiger charge is 2.11. The molecular weight excluding hydrogens is 308 g/mol. The maximum atomic E-state index is 5.91. The monoisotopic (exact) mass is 322 g/mol. The summed E-state index contributed by atoms with van der Waals surface area (Å²) in [6.07, 6.45) is 3.15. The number of hydrogen-bond acceptors (Lipinski definition) is 7. The summed E-state index contributed by atoms with van der Waals surface area (Å²) in [4.78, 5) is 8.05. The Bertz CT molecular complexity index is 992. The van der Waals surface area contributed by atoms with E-state index in [-0.39, 0.29) is 0 Å². The Hall–Kier alpha value is -3.49. The van der Waals surface area contributed by atoms with Gasteiger partial charge in [-0.15, -0.1) is 5.10 Å². The number of rotatable bonds is 4. The normalized spacial score (nSPS) is 11.0. The second kappa shape index (κ2) is 5.61. The topological polar surface area (TPSA) is 120 Å². The minimum Gasteiger partial charge on any atom is -0.486 e. The van der Waals surface area contributed by atoms with Gasteiger partial charge in [-0.2, -0.15) is 15.4 Å². The molecular formula is C15H14N8O. The second-order valence-corrected chi connectivity index (χ2v) is 5.28. The number of anilines is 1. The summed E-state index contributed by atoms with van der Waals surface area (Å²) in [7, 11) is 0. The number of nitrogens with one attached hydrogen (secondary N) is 1. The summed E-state index contributed by atoms with van der Waals surface area (Å²) in [6, 6.07) is 7.64. The first-order valence-electron chi connectivity index (χ1n) is 7.25. The number of hydrogen-bond donors (Lipinski definition) is 2. The lowest BCUT2D eigenvalue weighted by Gasteiger charge is -2.11. The molecule has 9 heteroatoms. The highest BCUT2D eigenvalue weighted by atomic mass is 16.5. The molecule has 0 atom stereocenters. The number of nitrogen functional groups attached to an aromatic ring is 1. The highest BCUT2D eigenvalue weighted by molar-refractivity contribution is 5.78. The van der Waals surface area contributed by atoms with Crippen molar-refractivity contribution < 1.29 is 4.74 Å². The SMILES string of the molecule is Cc1ccc(-n2cncn2)cc1COc1cc(N)nc2n[nH]nc12. The maximum Gasteiger partial charge on any atom is 0.207 e. The van der Waals surface area contributed by atoms with Gasteiger partial charge in [-0.25, -0.2) is 14.6 Å². The van der Waals surface area contributed by atoms with Crippen LogP contribution in [-0.4, -0.2) is 35.2 Å². The van der Waals surface area contributed by atoms with Gasteiger partial charge in [0.15, 0.2) is 11.3 Å². The molecule has 0 fully saturated rings. The van der Waals surface area contributed by atoms with Crippen LogP contribution in [0.25, 0.3) is 16.9 Å². The fourth-order valence-electron chi connectivity index (χ4n) is 2.39. The van der Waals surface area contributed by atoms with Crippen molar-refractivity contribution in [2.45, 2.75) is 13.5 Å². The van der Waals surface area contributed by atoms with Crippen LogP contribution in [0.5, 0.6) is 5.75 Å². The predicted octanol–water partition coefficient (Wildman–Crippen LogP) is 1.40. The summed E-state index contributed by atoms with van der Waals surface area (Å²) >= 11 is 0. The Morgan fingerprint density at radius 3 is 3.00 bits per heavy atom. The van der Waals surface area contributed by atoms with Crippen LogP contribution in [0.3, 0.4) is 0 Å². The second-order valence-electron chi connectivity index (χ2n) is 5.28. The Morgan fingerprint density at radius 2 is 2.17 bits per heavy atom. The van der Waals surface area contributed by atoms with Gasteiger partial charge in [0, 0.05) is 6.07 Å². The van der Waals surface area contributed by atoms with E-state index >= 15 is 0 Å². The summed E-state index contributed by atoms with van der Waals surface area (Å²) in [5.74, 6) is 0.872. The number of aryl methyl sites for hydroxylation is 1. The van der Waals surface area contributed by atoms with Crippen molar-refractivity contribution >= 4 is 17.0 Å². The van der Waals surface area contributed by atoms with E-state index in [0.29, 0.717) is 29.3 Å². The summed E-state index contributed by atoms with van der Waals surface area (Å²) in [5, 5.41) is 14.7. The molecule has 0 bridgehead atoms. The van der Waals surface area contributed by atoms with Gasteiger partial charge in [-0.1, -0.05) is 6.07 Å². The molecule has 4 rings (SSSR count). The van der Waals surface area contributed by atoms with Crippen molar-refractivity contribution in [3.8, 4) is 11.4 Å². The van der Waals surface area contributed by atoms with Crippen LogP contribution in [0.15, 0.2) is 36.9 Å². The van der Waals surface area contributed by atoms with Crippen molar-refractivity contribution in [2.24, 2.45) is 0 Å². The van der Waals surface area contributed by atoms with Crippen molar-refractivity contribution in [1.82, 2.24) is 35.2 Å². The minimum atomic E-state index is 0.333. The molecule has 3 N–H and O–H groups in total. The van der Waals surface area contributed by atoms with Gasteiger partial charge in [0.25, 0.3) is 0 Å². The Balaban J connectivity index is 1.63. The molecule has 120 valence electrons. The lowest BCUT2D eigenvalue weighted by molar-refractivity contribution is 0.308. The van der Waals surface area contributed by atoms with Crippen molar-refractivity contribution in [1.29, 1.82) is 0 Å². The molecule has 3 aromatic heterocycles. The van der Waals surface area contributed by atoms with Gasteiger partial charge in [-0.3, -0.25) is 0 Å². The first kappa shape index (κ1) is 14.1. The van der Waals surface area contributed by atoms with Gasteiger partial charge in [-0.05, 0) is 30.2 Å². The van der Waals surface area contributed by atoms with Crippen LogP contribution >= 0.6 is 0 Å². The average Bonchev–Trinajstić information content (AvgIpc) is 3.25. The molecule has 24 heavy (non-hydrogen) atoms. The first-order chi connectivity index (χ1) is 11.7. The molecule has 0 saturated heterocycles. The molecule has 0 amide bonds. The molecule has 9 nitrogen and oxygen atoms in total. The van der Waals surface area contributed by atoms with E-state index in [9.17, 15) is 0 Å². The third-order valence-corrected chi connectivity index (χ3v) is 3.68. The van der Waals surface area contributed by atoms with Gasteiger partial charge in [0.1, 0.15) is 25.1 Å². The van der Waals surface area contributed by atoms with Crippen LogP contribution in [0.2, 0.25) is 0 Å². The zero-order valence-electron chi connectivity index (χ0n) is 12.8. The smallest absolute Gasteiger partial charge is 0.207 e. The number of fused-ring (bicyclic) bond motifs is 1. The summed E-state index contributed by atoms with van der Waals surface area (Å²) in [6.45, 7) is 2.39. The molecule has 1 aromatic carbocycles. The largest absolute Gasteiger partial charge is 0.486 e. The van der Waals surface area contributed by atoms with Crippen LogP contribution < -0.4 is 10.5 Å². The Morgan fingerprint density at radius 1 is 1.25 bits per heavy atom. The van der Waals surface area contributed by atoms with Crippen LogP contribution in [0.1, 0.15) is 11.1 Å². The van der Waals surface area contributed by atoms with E-state index in [2.05, 4.69) is 30.5 Å². The number of ether oxygens (including phenoxy) is 1. The third-order valence-electron chi connectivity index (χ3n) is 3.68. The molecule has 3 heterocycles. The number of nitrogens with zero attached hydrogens (tertiary/aromatic N) is 6. The average molecular weight is 322 g/mol. The van der Waals surface area contributed by atoms with Crippen molar-refractivity contribution in [2.75, 3.05) is 5.73 Å². The minimum absolute atomic E-state index is 0.333. The van der Waals surface area contributed by atoms with Gasteiger partial charge < -0.3 is 10.5 Å². The van der Waals surface area contributed by atoms with Gasteiger partial charge >= 0.3 is 0 Å². The van der Waals surface area contributed by atoms with Gasteiger partial charge in [0.05, 0.1) is 5.69 Å². The molecule has 0 saturated carbocycles. The van der Waals surface area contributed by atoms with E-state index < -0.39 is 0 Å². The number of H-pyrrole nitrogens is 1. The molecule has 0 aliphatic heterocycles. The van der Waals surface area contributed by atoms with Gasteiger partial charge in [0.2, 0.25) is 5.65 Å². The zero-order chi connectivity index (χ0) is 16.5. The number of benzene rings is 1. The highest BCUT2D eigenvalue weighted by Crippen LogP contribution is 2.25. The van der Waals surface area contributed by atoms with E-state index in [1.54, 1.807) is 17.1 Å². The molecule has 0 unspecified atom stereocenters. The lowest BCUT2D eigenvalue weighted by atomic mass is 10.1. The molecule has 0 aliphatic carbocycles. The molecule has 0 radical (unpaired) electrons. The number of pyridine rings is 1. The van der Waals surface area contributed by atoms with Crippen molar-refractivity contribution in [3.05, 3.63) is 48.0 Å². The van der Waals surface area contributed by atoms with E-state index in [1.165, 1.54) is 6.33 Å². The number of aromatic nitrogens is 7. The van der Waals surface area contributed by atoms with Crippen molar-refractivity contribution in [3.63, 3.8) is 0 Å². The Kier molecular flexibility index (Phi) is 3.30. The number of nitrogens with two attached hydrogens (primary N) is 1. The van der Waals surface area contributed by atoms with E-state index in [0.717, 1.165) is 16.8 Å². The third kappa shape index (κ3) is 2.51. The fourth-order valence-corrected chi connectivity index (χ4v) is 2.39. The maximum absolute atomic E-state index is 5.91. The lowest BCUT2D eigenvalue weighted by Crippen LogP contribution is -2.02. The Labute approximate surface area is 136 Å². The van der Waals surface area contributed by atoms with Crippen LogP contribution in [0, 0.1) is 6.92 Å². The number of aromatic amines is 1. The first-order valence-corrected chi connectivity index (χ1v) is 7.25. The quantitative estimate of drug-likeness (QED) is 0.582. The standard InChI is InChI=1S/C15H14N8O/c1-9-2-3-11(23-8-17-7-18-23)4-10(9)6-24-12-5-13(16)19-15-14(12)20-22-21-15/h2-5,7-8H,6H2,1H3,(H3,16,19,20,21,22). The molecule has 4 aromatic rings. The van der Waals surface area contributed by atoms with E-state index in [1.807, 2.05) is 25.1 Å². The van der Waals surface area contributed by atoms with E-state index in [4.69, 9.17) is 10.5 Å². The zero-order valence-corrected chi connectivity index (χ0v) is 12.8. The molecule has 0 spiro atoms. The fraction of sp³-hybridized carbons (Fsp3) is 0.133. The van der Waals surface area contributed by atoms with Crippen LogP contribution in [0.4, 0.5) is 5.82 Å². The predicted molar refractivity (Wildman–Crippen MR) is 86.5 cm³/mol.